The number of aromatic amines is 1. The first kappa shape index (κ1) is 26.0. The zero-order valence-corrected chi connectivity index (χ0v) is 24.3. The number of anilines is 1. The number of carbonyl (C=O) groups excluding carboxylic acids is 2. The molecule has 3 aromatic carbocycles. The van der Waals surface area contributed by atoms with Gasteiger partial charge < -0.3 is 9.72 Å². The van der Waals surface area contributed by atoms with E-state index in [9.17, 15) is 18.8 Å². The summed E-state index contributed by atoms with van der Waals surface area (Å²) in [4.78, 5) is 45.6. The normalized spacial score (nSPS) is 29.0. The first-order valence-electron chi connectivity index (χ1n) is 14.2. The number of amides is 2. The predicted octanol–water partition coefficient (Wildman–Crippen LogP) is 6.14. The number of ether oxygens (including phenoxy) is 1. The molecule has 1 N–H and O–H groups in total. The minimum absolute atomic E-state index is 0.0107. The highest BCUT2D eigenvalue weighted by Gasteiger charge is 2.69. The Bertz CT molecular complexity index is 1780. The van der Waals surface area contributed by atoms with E-state index in [1.165, 1.54) is 46.1 Å². The maximum Gasteiger partial charge on any atom is 0.305 e. The van der Waals surface area contributed by atoms with E-state index in [2.05, 4.69) is 42.2 Å². The quantitative estimate of drug-likeness (QED) is 0.279. The standard InChI is InChI=1S/C33H27FN2O4S2/c1-16-6-8-17(9-7-16)15-40-23-5-3-2-4-20(23)24-25-21-14-22(28(25)41-30-29(24)42-33(39)35-30)27-26(21)31(37)36(32(27)38)19-12-10-18(34)11-13-19/h2-13,21-22,24-28H,14-15H2,1H3,(H,35,39)/t21-,22-,24?,25?,26?,27?,28?/m1/s1. The smallest absolute Gasteiger partial charge is 0.305 e. The number of aromatic nitrogens is 1. The Kier molecular flexibility index (Phi) is 5.98. The van der Waals surface area contributed by atoms with E-state index in [1.54, 1.807) is 11.8 Å². The third-order valence-corrected chi connectivity index (χ3v) is 12.2. The first-order valence-corrected chi connectivity index (χ1v) is 15.9. The van der Waals surface area contributed by atoms with E-state index in [4.69, 9.17) is 4.74 Å². The van der Waals surface area contributed by atoms with Crippen molar-refractivity contribution in [3.63, 3.8) is 0 Å². The molecular weight excluding hydrogens is 572 g/mol. The summed E-state index contributed by atoms with van der Waals surface area (Å²) in [5.41, 5.74) is 3.68. The molecule has 7 atom stereocenters. The number of nitrogens with zero attached hydrogens (tertiary/aromatic N) is 1. The second-order valence-corrected chi connectivity index (χ2v) is 14.0. The lowest BCUT2D eigenvalue weighted by atomic mass is 9.68. The molecule has 1 saturated heterocycles. The fourth-order valence-corrected chi connectivity index (χ4v) is 10.8. The summed E-state index contributed by atoms with van der Waals surface area (Å²) in [7, 11) is 0. The van der Waals surface area contributed by atoms with Gasteiger partial charge >= 0.3 is 4.87 Å². The molecule has 2 amide bonds. The summed E-state index contributed by atoms with van der Waals surface area (Å²) in [6, 6.07) is 21.8. The highest BCUT2D eigenvalue weighted by Crippen LogP contribution is 2.69. The minimum atomic E-state index is -0.422. The van der Waals surface area contributed by atoms with Crippen LogP contribution in [0.2, 0.25) is 0 Å². The second-order valence-electron chi connectivity index (χ2n) is 11.8. The lowest BCUT2D eigenvalue weighted by Crippen LogP contribution is -2.42. The van der Waals surface area contributed by atoms with Crippen LogP contribution < -0.4 is 14.5 Å². The fraction of sp³-hybridized carbons (Fsp3) is 0.303. The molecule has 6 nitrogen and oxygen atoms in total. The molecule has 42 heavy (non-hydrogen) atoms. The molecule has 2 saturated carbocycles. The van der Waals surface area contributed by atoms with Crippen molar-refractivity contribution >= 4 is 40.6 Å². The summed E-state index contributed by atoms with van der Waals surface area (Å²) in [6.07, 6.45) is 0.800. The lowest BCUT2D eigenvalue weighted by molar-refractivity contribution is -0.123. The zero-order chi connectivity index (χ0) is 28.7. The topological polar surface area (TPSA) is 79.5 Å². The van der Waals surface area contributed by atoms with Crippen molar-refractivity contribution in [1.82, 2.24) is 4.98 Å². The summed E-state index contributed by atoms with van der Waals surface area (Å²) in [6.45, 7) is 2.47. The largest absolute Gasteiger partial charge is 0.489 e. The molecule has 212 valence electrons. The zero-order valence-electron chi connectivity index (χ0n) is 22.7. The van der Waals surface area contributed by atoms with Crippen LogP contribution >= 0.6 is 23.1 Å². The van der Waals surface area contributed by atoms with Gasteiger partial charge in [-0.15, -0.1) is 11.8 Å². The number of para-hydroxylation sites is 1. The van der Waals surface area contributed by atoms with Crippen molar-refractivity contribution in [2.24, 2.45) is 29.6 Å². The molecule has 1 aromatic heterocycles. The summed E-state index contributed by atoms with van der Waals surface area (Å²) >= 11 is 2.90. The molecule has 9 heteroatoms. The van der Waals surface area contributed by atoms with Crippen LogP contribution in [-0.4, -0.2) is 22.0 Å². The molecule has 3 fully saturated rings. The van der Waals surface area contributed by atoms with Crippen LogP contribution in [0.1, 0.15) is 33.9 Å². The van der Waals surface area contributed by atoms with Gasteiger partial charge in [-0.1, -0.05) is 59.4 Å². The van der Waals surface area contributed by atoms with Crippen LogP contribution in [0.15, 0.2) is 82.6 Å². The van der Waals surface area contributed by atoms with Crippen molar-refractivity contribution in [2.45, 2.75) is 36.1 Å². The van der Waals surface area contributed by atoms with Crippen molar-refractivity contribution < 1.29 is 18.7 Å². The van der Waals surface area contributed by atoms with Gasteiger partial charge in [0.05, 0.1) is 22.5 Å². The number of thioether (sulfide) groups is 1. The van der Waals surface area contributed by atoms with Crippen LogP contribution in [0.4, 0.5) is 10.1 Å². The van der Waals surface area contributed by atoms with Gasteiger partial charge in [-0.25, -0.2) is 4.39 Å². The number of fused-ring (bicyclic) bond motifs is 9. The van der Waals surface area contributed by atoms with Gasteiger partial charge in [-0.3, -0.25) is 19.3 Å². The summed E-state index contributed by atoms with van der Waals surface area (Å²) in [5.74, 6) is -0.923. The molecule has 0 radical (unpaired) electrons. The average Bonchev–Trinajstić information content (AvgIpc) is 3.72. The Hall–Kier alpha value is -3.69. The molecule has 4 aromatic rings. The number of rotatable bonds is 5. The molecule has 2 bridgehead atoms. The van der Waals surface area contributed by atoms with Crippen molar-refractivity contribution in [1.29, 1.82) is 0 Å². The van der Waals surface area contributed by atoms with E-state index in [0.717, 1.165) is 33.2 Å². The van der Waals surface area contributed by atoms with Crippen LogP contribution in [0, 0.1) is 42.3 Å². The van der Waals surface area contributed by atoms with E-state index in [1.807, 2.05) is 18.2 Å². The van der Waals surface area contributed by atoms with E-state index in [-0.39, 0.29) is 45.6 Å². The lowest BCUT2D eigenvalue weighted by Gasteiger charge is -2.43. The number of nitrogens with one attached hydrogen (secondary N) is 1. The van der Waals surface area contributed by atoms with Crippen molar-refractivity contribution in [3.05, 3.63) is 110 Å². The van der Waals surface area contributed by atoms with Gasteiger partial charge in [0.2, 0.25) is 11.8 Å². The van der Waals surface area contributed by atoms with Gasteiger partial charge in [0, 0.05) is 21.6 Å². The Balaban J connectivity index is 1.18. The highest BCUT2D eigenvalue weighted by molar-refractivity contribution is 8.00. The Labute approximate surface area is 249 Å². The third-order valence-electron chi connectivity index (χ3n) is 9.58. The number of imide groups is 1. The molecule has 3 heterocycles. The Morgan fingerprint density at radius 3 is 2.40 bits per heavy atom. The van der Waals surface area contributed by atoms with Gasteiger partial charge in [-0.2, -0.15) is 0 Å². The number of aryl methyl sites for hydroxylation is 1. The SMILES string of the molecule is Cc1ccc(COc2ccccc2C2c3sc(=O)[nH]c3SC3C2[C@H]2C[C@@H]3C3C(=O)N(c4ccc(F)cc4)C(=O)C32)cc1. The summed E-state index contributed by atoms with van der Waals surface area (Å²) in [5, 5.41) is 0.940. The van der Waals surface area contributed by atoms with Gasteiger partial charge in [0.25, 0.3) is 0 Å². The van der Waals surface area contributed by atoms with Crippen molar-refractivity contribution in [3.8, 4) is 5.75 Å². The van der Waals surface area contributed by atoms with Gasteiger partial charge in [-0.05, 0) is 67.0 Å². The number of hydrogen-bond acceptors (Lipinski definition) is 6. The maximum absolute atomic E-state index is 13.9. The molecule has 2 aliphatic heterocycles. The van der Waals surface area contributed by atoms with Gasteiger partial charge in [0.15, 0.2) is 0 Å². The number of thiazole rings is 1. The predicted molar refractivity (Wildman–Crippen MR) is 159 cm³/mol. The fourth-order valence-electron chi connectivity index (χ4n) is 7.92. The van der Waals surface area contributed by atoms with Crippen LogP contribution in [0.5, 0.6) is 5.75 Å². The number of H-pyrrole nitrogens is 1. The average molecular weight is 599 g/mol. The monoisotopic (exact) mass is 598 g/mol. The van der Waals surface area contributed by atoms with E-state index >= 15 is 0 Å². The van der Waals surface area contributed by atoms with Crippen LogP contribution in [-0.2, 0) is 16.2 Å². The molecular formula is C33H27FN2O4S2. The van der Waals surface area contributed by atoms with Gasteiger partial charge in [0.1, 0.15) is 18.2 Å². The molecule has 2 aliphatic carbocycles. The second kappa shape index (κ2) is 9.67. The third kappa shape index (κ3) is 3.86. The Morgan fingerprint density at radius 2 is 1.64 bits per heavy atom. The number of carbonyl (C=O) groups is 2. The molecule has 4 aliphatic rings. The maximum atomic E-state index is 13.9. The molecule has 5 unspecified atom stereocenters. The van der Waals surface area contributed by atoms with E-state index < -0.39 is 17.7 Å². The van der Waals surface area contributed by atoms with Crippen LogP contribution in [0.3, 0.4) is 0 Å². The first-order chi connectivity index (χ1) is 20.4. The molecule has 0 spiro atoms. The molecule has 8 rings (SSSR count). The van der Waals surface area contributed by atoms with Crippen molar-refractivity contribution in [2.75, 3.05) is 4.90 Å². The van der Waals surface area contributed by atoms with E-state index in [0.29, 0.717) is 12.3 Å². The minimum Gasteiger partial charge on any atom is -0.489 e. The Morgan fingerprint density at radius 1 is 0.929 bits per heavy atom. The number of halogens is 1. The highest BCUT2D eigenvalue weighted by atomic mass is 32.2. The van der Waals surface area contributed by atoms with Crippen LogP contribution in [0.25, 0.3) is 0 Å². The number of hydrogen-bond donors (Lipinski definition) is 1. The number of benzene rings is 3. The summed E-state index contributed by atoms with van der Waals surface area (Å²) < 4.78 is 20.1.